The molecule has 2 aromatic rings. The number of nitrogens with zero attached hydrogens (tertiary/aromatic N) is 1. The number of carbonyl (C=O) groups excluding carboxylic acids is 2. The van der Waals surface area contributed by atoms with E-state index in [1.54, 1.807) is 11.3 Å². The molecule has 1 heterocycles. The van der Waals surface area contributed by atoms with E-state index in [9.17, 15) is 9.59 Å². The first-order valence-corrected chi connectivity index (χ1v) is 10.5. The molecule has 1 aromatic heterocycles. The molecule has 0 radical (unpaired) electrons. The fourth-order valence-electron chi connectivity index (χ4n) is 3.69. The van der Waals surface area contributed by atoms with Gasteiger partial charge in [-0.2, -0.15) is 0 Å². The van der Waals surface area contributed by atoms with E-state index >= 15 is 0 Å². The molecule has 0 saturated carbocycles. The summed E-state index contributed by atoms with van der Waals surface area (Å²) in [5.41, 5.74) is 4.89. The van der Waals surface area contributed by atoms with E-state index in [0.29, 0.717) is 18.8 Å². The van der Waals surface area contributed by atoms with Crippen LogP contribution in [0.25, 0.3) is 6.08 Å². The van der Waals surface area contributed by atoms with E-state index in [1.807, 2.05) is 12.3 Å². The number of allylic oxidation sites excluding steroid dienone is 1. The van der Waals surface area contributed by atoms with Crippen molar-refractivity contribution in [2.75, 3.05) is 0 Å². The molecule has 0 N–H and O–H groups in total. The zero-order chi connectivity index (χ0) is 19.4. The van der Waals surface area contributed by atoms with E-state index < -0.39 is 5.92 Å². The predicted molar refractivity (Wildman–Crippen MR) is 111 cm³/mol. The quantitative estimate of drug-likeness (QED) is 0.575. The van der Waals surface area contributed by atoms with Crippen LogP contribution in [0.5, 0.6) is 0 Å². The molecule has 2 unspecified atom stereocenters. The van der Waals surface area contributed by atoms with Gasteiger partial charge in [-0.05, 0) is 55.7 Å². The molecule has 0 fully saturated rings. The number of carbonyl (C=O) groups is 2. The maximum absolute atomic E-state index is 12.7. The van der Waals surface area contributed by atoms with Gasteiger partial charge < -0.3 is 0 Å². The number of aromatic nitrogens is 1. The minimum atomic E-state index is -0.552. The van der Waals surface area contributed by atoms with Crippen molar-refractivity contribution in [3.8, 4) is 0 Å². The summed E-state index contributed by atoms with van der Waals surface area (Å²) in [6.07, 6.45) is 8.08. The third-order valence-corrected chi connectivity index (χ3v) is 6.09. The fraction of sp³-hybridized carbons (Fsp3) is 0.435. The van der Waals surface area contributed by atoms with Crippen LogP contribution in [0.2, 0.25) is 0 Å². The van der Waals surface area contributed by atoms with Gasteiger partial charge in [0.15, 0.2) is 0 Å². The SMILES string of the molecule is CC(=O)C(Cc1csc(C)n1)C(=O)CCC(C)Cc1ccc2c(c1)C=CC2. The van der Waals surface area contributed by atoms with Gasteiger partial charge in [-0.1, -0.05) is 37.3 Å². The van der Waals surface area contributed by atoms with Crippen LogP contribution in [0.4, 0.5) is 0 Å². The molecule has 0 aliphatic heterocycles. The van der Waals surface area contributed by atoms with E-state index in [-0.39, 0.29) is 11.6 Å². The van der Waals surface area contributed by atoms with Crippen molar-refractivity contribution in [2.24, 2.45) is 11.8 Å². The molecule has 1 aliphatic carbocycles. The Bertz CT molecular complexity index is 865. The molecule has 142 valence electrons. The van der Waals surface area contributed by atoms with Crippen LogP contribution >= 0.6 is 11.3 Å². The summed E-state index contributed by atoms with van der Waals surface area (Å²) in [7, 11) is 0. The van der Waals surface area contributed by atoms with Crippen molar-refractivity contribution in [2.45, 2.75) is 52.9 Å². The third-order valence-electron chi connectivity index (χ3n) is 5.27. The van der Waals surface area contributed by atoms with E-state index in [1.165, 1.54) is 23.6 Å². The number of thiazole rings is 1. The molecule has 1 aromatic carbocycles. The van der Waals surface area contributed by atoms with Gasteiger partial charge in [0.2, 0.25) is 0 Å². The van der Waals surface area contributed by atoms with Gasteiger partial charge >= 0.3 is 0 Å². The molecule has 0 spiro atoms. The van der Waals surface area contributed by atoms with E-state index in [4.69, 9.17) is 0 Å². The zero-order valence-electron chi connectivity index (χ0n) is 16.3. The number of Topliss-reactive ketones (excluding diaryl/α,β-unsaturated/α-hetero) is 2. The lowest BCUT2D eigenvalue weighted by Gasteiger charge is -2.15. The molecule has 0 saturated heterocycles. The van der Waals surface area contributed by atoms with Crippen molar-refractivity contribution >= 4 is 29.0 Å². The van der Waals surface area contributed by atoms with Crippen molar-refractivity contribution in [1.29, 1.82) is 0 Å². The summed E-state index contributed by atoms with van der Waals surface area (Å²) >= 11 is 1.56. The van der Waals surface area contributed by atoms with Crippen molar-refractivity contribution in [3.05, 3.63) is 57.0 Å². The highest BCUT2D eigenvalue weighted by Gasteiger charge is 2.24. The van der Waals surface area contributed by atoms with Crippen molar-refractivity contribution in [1.82, 2.24) is 4.98 Å². The first-order chi connectivity index (χ1) is 12.9. The molecular formula is C23H27NO2S. The normalized spacial score (nSPS) is 14.8. The second-order valence-corrected chi connectivity index (χ2v) is 8.74. The maximum atomic E-state index is 12.7. The Hall–Kier alpha value is -2.07. The molecule has 4 heteroatoms. The largest absolute Gasteiger partial charge is 0.299 e. The van der Waals surface area contributed by atoms with Crippen LogP contribution in [0.3, 0.4) is 0 Å². The van der Waals surface area contributed by atoms with Gasteiger partial charge in [0.25, 0.3) is 0 Å². The van der Waals surface area contributed by atoms with E-state index in [2.05, 4.69) is 42.3 Å². The van der Waals surface area contributed by atoms with Crippen molar-refractivity contribution in [3.63, 3.8) is 0 Å². The Kier molecular flexibility index (Phi) is 6.38. The van der Waals surface area contributed by atoms with Crippen LogP contribution in [-0.4, -0.2) is 16.6 Å². The number of aryl methyl sites for hydroxylation is 1. The Morgan fingerprint density at radius 2 is 2.07 bits per heavy atom. The number of rotatable bonds is 9. The molecule has 3 rings (SSSR count). The summed E-state index contributed by atoms with van der Waals surface area (Å²) in [5, 5.41) is 2.92. The lowest BCUT2D eigenvalue weighted by Crippen LogP contribution is -2.25. The van der Waals surface area contributed by atoms with Crippen LogP contribution in [0.1, 0.15) is 54.1 Å². The zero-order valence-corrected chi connectivity index (χ0v) is 17.1. The monoisotopic (exact) mass is 381 g/mol. The van der Waals surface area contributed by atoms with Crippen LogP contribution < -0.4 is 0 Å². The molecule has 3 nitrogen and oxygen atoms in total. The Labute approximate surface area is 165 Å². The second-order valence-electron chi connectivity index (χ2n) is 7.68. The highest BCUT2D eigenvalue weighted by Crippen LogP contribution is 2.24. The summed E-state index contributed by atoms with van der Waals surface area (Å²) < 4.78 is 0. The molecule has 0 amide bonds. The van der Waals surface area contributed by atoms with Crippen LogP contribution in [0.15, 0.2) is 29.7 Å². The standard InChI is InChI=1S/C23H27NO2S/c1-15(11-18-8-9-19-5-4-6-20(19)12-18)7-10-23(26)22(16(2)25)13-21-14-27-17(3)24-21/h4,6,8-9,12,14-15,22H,5,7,10-11,13H2,1-3H3. The van der Waals surface area contributed by atoms with Gasteiger partial charge in [-0.15, -0.1) is 11.3 Å². The highest BCUT2D eigenvalue weighted by molar-refractivity contribution is 7.09. The minimum Gasteiger partial charge on any atom is -0.299 e. The summed E-state index contributed by atoms with van der Waals surface area (Å²) in [6, 6.07) is 6.68. The number of hydrogen-bond acceptors (Lipinski definition) is 4. The third kappa shape index (κ3) is 5.23. The van der Waals surface area contributed by atoms with Crippen LogP contribution in [0, 0.1) is 18.8 Å². The van der Waals surface area contributed by atoms with Gasteiger partial charge in [-0.3, -0.25) is 9.59 Å². The minimum absolute atomic E-state index is 0.0521. The van der Waals surface area contributed by atoms with Gasteiger partial charge in [0.05, 0.1) is 16.6 Å². The summed E-state index contributed by atoms with van der Waals surface area (Å²) in [5.74, 6) is -0.143. The fourth-order valence-corrected chi connectivity index (χ4v) is 4.31. The number of fused-ring (bicyclic) bond motifs is 1. The van der Waals surface area contributed by atoms with Crippen molar-refractivity contribution < 1.29 is 9.59 Å². The highest BCUT2D eigenvalue weighted by atomic mass is 32.1. The molecule has 0 bridgehead atoms. The van der Waals surface area contributed by atoms with E-state index in [0.717, 1.165) is 30.0 Å². The Morgan fingerprint density at radius 3 is 2.78 bits per heavy atom. The average molecular weight is 382 g/mol. The lowest BCUT2D eigenvalue weighted by molar-refractivity contribution is -0.131. The molecule has 27 heavy (non-hydrogen) atoms. The molecule has 1 aliphatic rings. The molecule has 2 atom stereocenters. The Balaban J connectivity index is 1.53. The molecular weight excluding hydrogens is 354 g/mol. The first kappa shape index (κ1) is 19.7. The average Bonchev–Trinajstić information content (AvgIpc) is 3.25. The summed E-state index contributed by atoms with van der Waals surface area (Å²) in [6.45, 7) is 5.64. The van der Waals surface area contributed by atoms with Crippen LogP contribution in [-0.2, 0) is 28.9 Å². The smallest absolute Gasteiger partial charge is 0.143 e. The maximum Gasteiger partial charge on any atom is 0.143 e. The first-order valence-electron chi connectivity index (χ1n) is 9.65. The van der Waals surface area contributed by atoms with Gasteiger partial charge in [0, 0.05) is 18.2 Å². The number of hydrogen-bond donors (Lipinski definition) is 0. The van der Waals surface area contributed by atoms with Gasteiger partial charge in [-0.25, -0.2) is 4.98 Å². The second kappa shape index (κ2) is 8.75. The topological polar surface area (TPSA) is 47.0 Å². The predicted octanol–water partition coefficient (Wildman–Crippen LogP) is 5.00. The lowest BCUT2D eigenvalue weighted by atomic mass is 9.88. The Morgan fingerprint density at radius 1 is 1.26 bits per heavy atom. The number of benzene rings is 1. The van der Waals surface area contributed by atoms with Gasteiger partial charge in [0.1, 0.15) is 11.6 Å². The summed E-state index contributed by atoms with van der Waals surface area (Å²) in [4.78, 5) is 29.0. The number of ketones is 2.